The Morgan fingerprint density at radius 2 is 2.00 bits per heavy atom. The predicted molar refractivity (Wildman–Crippen MR) is 75.1 cm³/mol. The Bertz CT molecular complexity index is 791. The molecule has 0 aliphatic carbocycles. The number of nitrogens with zero attached hydrogens (tertiary/aromatic N) is 3. The van der Waals surface area contributed by atoms with Gasteiger partial charge in [0.2, 0.25) is 0 Å². The number of rotatable bonds is 3. The Balaban J connectivity index is 2.21. The first-order valence-electron chi connectivity index (χ1n) is 6.04. The largest absolute Gasteiger partial charge is 0.478 e. The van der Waals surface area contributed by atoms with Crippen LogP contribution in [0, 0.1) is 0 Å². The van der Waals surface area contributed by atoms with Crippen LogP contribution in [0.4, 0.5) is 0 Å². The molecule has 0 spiro atoms. The van der Waals surface area contributed by atoms with Crippen LogP contribution in [0.25, 0.3) is 23.0 Å². The van der Waals surface area contributed by atoms with Crippen molar-refractivity contribution < 1.29 is 9.90 Å². The maximum atomic E-state index is 10.7. The number of pyridine rings is 2. The zero-order valence-corrected chi connectivity index (χ0v) is 10.5. The number of hydrogen-bond donors (Lipinski definition) is 1. The molecule has 0 atom stereocenters. The van der Waals surface area contributed by atoms with Crippen molar-refractivity contribution in [2.24, 2.45) is 0 Å². The fourth-order valence-corrected chi connectivity index (χ4v) is 2.04. The molecule has 0 unspecified atom stereocenters. The molecule has 98 valence electrons. The summed E-state index contributed by atoms with van der Waals surface area (Å²) in [6.45, 7) is 0. The zero-order chi connectivity index (χ0) is 13.9. The molecular weight excluding hydrogens is 254 g/mol. The highest BCUT2D eigenvalue weighted by atomic mass is 16.4. The smallest absolute Gasteiger partial charge is 0.328 e. The van der Waals surface area contributed by atoms with Crippen molar-refractivity contribution in [2.45, 2.75) is 0 Å². The molecule has 0 radical (unpaired) electrons. The normalized spacial score (nSPS) is 11.2. The average molecular weight is 265 g/mol. The van der Waals surface area contributed by atoms with Gasteiger partial charge in [0.05, 0.1) is 11.2 Å². The van der Waals surface area contributed by atoms with Crippen molar-refractivity contribution in [3.63, 3.8) is 0 Å². The van der Waals surface area contributed by atoms with Gasteiger partial charge in [0.15, 0.2) is 0 Å². The van der Waals surface area contributed by atoms with Gasteiger partial charge in [-0.15, -0.1) is 0 Å². The first kappa shape index (κ1) is 12.1. The summed E-state index contributed by atoms with van der Waals surface area (Å²) < 4.78 is 1.93. The van der Waals surface area contributed by atoms with Gasteiger partial charge in [0, 0.05) is 30.2 Å². The second kappa shape index (κ2) is 4.97. The summed E-state index contributed by atoms with van der Waals surface area (Å²) >= 11 is 0. The fourth-order valence-electron chi connectivity index (χ4n) is 2.04. The summed E-state index contributed by atoms with van der Waals surface area (Å²) in [6.07, 6.45) is 7.89. The third-order valence-electron chi connectivity index (χ3n) is 2.90. The van der Waals surface area contributed by atoms with Crippen molar-refractivity contribution in [3.8, 4) is 11.4 Å². The molecule has 0 saturated heterocycles. The van der Waals surface area contributed by atoms with E-state index < -0.39 is 5.97 Å². The van der Waals surface area contributed by atoms with E-state index in [0.29, 0.717) is 5.69 Å². The Hall–Kier alpha value is -2.95. The molecule has 0 fully saturated rings. The molecular formula is C15H11N3O2. The summed E-state index contributed by atoms with van der Waals surface area (Å²) in [7, 11) is 0. The number of imidazole rings is 1. The highest BCUT2D eigenvalue weighted by Crippen LogP contribution is 2.22. The standard InChI is InChI=1S/C15H11N3O2/c19-14(20)5-4-12-13-3-1-2-10-18(13)15(17-12)11-6-8-16-9-7-11/h1-10H,(H,19,20)/b5-4+. The van der Waals surface area contributed by atoms with Crippen LogP contribution in [-0.4, -0.2) is 25.4 Å². The van der Waals surface area contributed by atoms with Gasteiger partial charge in [-0.05, 0) is 30.3 Å². The van der Waals surface area contributed by atoms with Gasteiger partial charge in [-0.25, -0.2) is 9.78 Å². The molecule has 0 aliphatic rings. The lowest BCUT2D eigenvalue weighted by atomic mass is 10.2. The van der Waals surface area contributed by atoms with Crippen LogP contribution in [0.1, 0.15) is 5.69 Å². The minimum Gasteiger partial charge on any atom is -0.478 e. The summed E-state index contributed by atoms with van der Waals surface area (Å²) in [5, 5.41) is 8.74. The minimum atomic E-state index is -0.993. The van der Waals surface area contributed by atoms with Crippen LogP contribution >= 0.6 is 0 Å². The van der Waals surface area contributed by atoms with E-state index in [4.69, 9.17) is 5.11 Å². The number of hydrogen-bond acceptors (Lipinski definition) is 3. The highest BCUT2D eigenvalue weighted by Gasteiger charge is 2.10. The molecule has 0 aliphatic heterocycles. The maximum absolute atomic E-state index is 10.7. The van der Waals surface area contributed by atoms with Crippen molar-refractivity contribution in [1.82, 2.24) is 14.4 Å². The van der Waals surface area contributed by atoms with E-state index >= 15 is 0 Å². The van der Waals surface area contributed by atoms with E-state index in [9.17, 15) is 4.79 Å². The molecule has 0 bridgehead atoms. The number of carboxylic acid groups (broad SMARTS) is 1. The number of aromatic nitrogens is 3. The molecule has 3 rings (SSSR count). The van der Waals surface area contributed by atoms with Gasteiger partial charge in [-0.2, -0.15) is 0 Å². The predicted octanol–water partition coefficient (Wildman–Crippen LogP) is 2.49. The highest BCUT2D eigenvalue weighted by molar-refractivity contribution is 5.87. The third-order valence-corrected chi connectivity index (χ3v) is 2.90. The lowest BCUT2D eigenvalue weighted by Gasteiger charge is -1.99. The quantitative estimate of drug-likeness (QED) is 0.739. The van der Waals surface area contributed by atoms with Crippen molar-refractivity contribution in [1.29, 1.82) is 0 Å². The molecule has 1 N–H and O–H groups in total. The molecule has 3 aromatic heterocycles. The van der Waals surface area contributed by atoms with E-state index in [0.717, 1.165) is 23.0 Å². The van der Waals surface area contributed by atoms with Crippen molar-refractivity contribution in [3.05, 3.63) is 60.7 Å². The van der Waals surface area contributed by atoms with Gasteiger partial charge in [0.1, 0.15) is 5.82 Å². The van der Waals surface area contributed by atoms with Crippen LogP contribution in [0.2, 0.25) is 0 Å². The number of carbonyl (C=O) groups is 1. The van der Waals surface area contributed by atoms with E-state index in [2.05, 4.69) is 9.97 Å². The van der Waals surface area contributed by atoms with Gasteiger partial charge >= 0.3 is 5.97 Å². The average Bonchev–Trinajstić information content (AvgIpc) is 2.85. The van der Waals surface area contributed by atoms with Crippen LogP contribution in [0.3, 0.4) is 0 Å². The van der Waals surface area contributed by atoms with Gasteiger partial charge < -0.3 is 5.11 Å². The number of fused-ring (bicyclic) bond motifs is 1. The van der Waals surface area contributed by atoms with Gasteiger partial charge in [-0.3, -0.25) is 9.38 Å². The summed E-state index contributed by atoms with van der Waals surface area (Å²) in [5.74, 6) is -0.236. The fraction of sp³-hybridized carbons (Fsp3) is 0. The lowest BCUT2D eigenvalue weighted by molar-refractivity contribution is -0.131. The van der Waals surface area contributed by atoms with Crippen LogP contribution in [0.5, 0.6) is 0 Å². The van der Waals surface area contributed by atoms with Crippen LogP contribution < -0.4 is 0 Å². The third kappa shape index (κ3) is 2.16. The minimum absolute atomic E-state index is 0.625. The topological polar surface area (TPSA) is 67.5 Å². The zero-order valence-electron chi connectivity index (χ0n) is 10.5. The summed E-state index contributed by atoms with van der Waals surface area (Å²) in [6, 6.07) is 9.44. The molecule has 0 saturated carbocycles. The van der Waals surface area contributed by atoms with Crippen LogP contribution in [0.15, 0.2) is 55.0 Å². The number of carboxylic acids is 1. The van der Waals surface area contributed by atoms with E-state index in [1.165, 1.54) is 6.08 Å². The number of aliphatic carboxylic acids is 1. The first-order valence-corrected chi connectivity index (χ1v) is 6.04. The SMILES string of the molecule is O=C(O)/C=C/c1nc(-c2ccncc2)n2ccccc12. The second-order valence-corrected chi connectivity index (χ2v) is 4.18. The summed E-state index contributed by atoms with van der Waals surface area (Å²) in [4.78, 5) is 19.2. The van der Waals surface area contributed by atoms with Crippen LogP contribution in [-0.2, 0) is 4.79 Å². The van der Waals surface area contributed by atoms with Crippen molar-refractivity contribution in [2.75, 3.05) is 0 Å². The molecule has 3 aromatic rings. The van der Waals surface area contributed by atoms with E-state index in [-0.39, 0.29) is 0 Å². The van der Waals surface area contributed by atoms with Gasteiger partial charge in [0.25, 0.3) is 0 Å². The Kier molecular flexibility index (Phi) is 3.01. The molecule has 0 amide bonds. The molecule has 3 heterocycles. The lowest BCUT2D eigenvalue weighted by Crippen LogP contribution is -1.88. The molecule has 5 heteroatoms. The van der Waals surface area contributed by atoms with Crippen molar-refractivity contribution >= 4 is 17.6 Å². The van der Waals surface area contributed by atoms with E-state index in [1.54, 1.807) is 12.4 Å². The molecule has 20 heavy (non-hydrogen) atoms. The Morgan fingerprint density at radius 3 is 2.75 bits per heavy atom. The Labute approximate surface area is 114 Å². The maximum Gasteiger partial charge on any atom is 0.328 e. The molecule has 0 aromatic carbocycles. The van der Waals surface area contributed by atoms with E-state index in [1.807, 2.05) is 40.9 Å². The second-order valence-electron chi connectivity index (χ2n) is 4.18. The Morgan fingerprint density at radius 1 is 1.20 bits per heavy atom. The molecule has 5 nitrogen and oxygen atoms in total. The summed E-state index contributed by atoms with van der Waals surface area (Å²) in [5.41, 5.74) is 2.41. The monoisotopic (exact) mass is 265 g/mol. The van der Waals surface area contributed by atoms with Gasteiger partial charge in [-0.1, -0.05) is 6.07 Å². The first-order chi connectivity index (χ1) is 9.75.